The van der Waals surface area contributed by atoms with Crippen LogP contribution >= 0.6 is 0 Å². The maximum Gasteiger partial charge on any atom is 0.573 e. The molecule has 7 heteroatoms. The van der Waals surface area contributed by atoms with E-state index in [0.29, 0.717) is 0 Å². The number of carboxylic acids is 1. The first-order valence-corrected chi connectivity index (χ1v) is 5.40. The normalized spacial score (nSPS) is 11.2. The quantitative estimate of drug-likeness (QED) is 0.938. The molecule has 1 heterocycles. The van der Waals surface area contributed by atoms with Crippen LogP contribution < -0.4 is 4.74 Å². The third-order valence-electron chi connectivity index (χ3n) is 2.43. The van der Waals surface area contributed by atoms with Gasteiger partial charge in [-0.05, 0) is 23.8 Å². The number of nitrogens with zero attached hydrogens (tertiary/aromatic N) is 1. The van der Waals surface area contributed by atoms with Crippen molar-refractivity contribution in [1.29, 1.82) is 0 Å². The molecule has 0 aliphatic rings. The zero-order chi connectivity index (χ0) is 14.8. The molecule has 0 atom stereocenters. The predicted molar refractivity (Wildman–Crippen MR) is 63.3 cm³/mol. The summed E-state index contributed by atoms with van der Waals surface area (Å²) in [5.74, 6) is -1.61. The average molecular weight is 283 g/mol. The van der Waals surface area contributed by atoms with Crippen LogP contribution in [-0.2, 0) is 0 Å². The van der Waals surface area contributed by atoms with E-state index in [9.17, 15) is 18.0 Å². The number of alkyl halides is 3. The van der Waals surface area contributed by atoms with Gasteiger partial charge in [0.1, 0.15) is 5.75 Å². The molecule has 0 amide bonds. The summed E-state index contributed by atoms with van der Waals surface area (Å²) in [6, 6.07) is 6.33. The van der Waals surface area contributed by atoms with Crippen molar-refractivity contribution in [1.82, 2.24) is 4.98 Å². The smallest absolute Gasteiger partial charge is 0.478 e. The molecule has 20 heavy (non-hydrogen) atoms. The minimum Gasteiger partial charge on any atom is -0.478 e. The van der Waals surface area contributed by atoms with Crippen LogP contribution in [0.1, 0.15) is 10.4 Å². The standard InChI is InChI=1S/C13H8F3NO3/c14-13(15,16)20-9-3-1-2-8(6-9)11-7-17-5-4-10(11)12(18)19/h1-7H,(H,18,19). The van der Waals surface area contributed by atoms with E-state index in [1.807, 2.05) is 0 Å². The van der Waals surface area contributed by atoms with Crippen molar-refractivity contribution in [2.24, 2.45) is 0 Å². The Morgan fingerprint density at radius 2 is 2.00 bits per heavy atom. The van der Waals surface area contributed by atoms with E-state index in [-0.39, 0.29) is 16.7 Å². The lowest BCUT2D eigenvalue weighted by Crippen LogP contribution is -2.17. The van der Waals surface area contributed by atoms with Gasteiger partial charge in [0.25, 0.3) is 0 Å². The number of halogens is 3. The number of pyridine rings is 1. The van der Waals surface area contributed by atoms with Crippen LogP contribution in [0, 0.1) is 0 Å². The second kappa shape index (κ2) is 5.20. The monoisotopic (exact) mass is 283 g/mol. The number of ether oxygens (including phenoxy) is 1. The summed E-state index contributed by atoms with van der Waals surface area (Å²) in [6.45, 7) is 0. The maximum atomic E-state index is 12.2. The number of carboxylic acid groups (broad SMARTS) is 1. The van der Waals surface area contributed by atoms with E-state index in [1.165, 1.54) is 30.6 Å². The number of rotatable bonds is 3. The Morgan fingerprint density at radius 3 is 2.65 bits per heavy atom. The molecule has 0 spiro atoms. The molecule has 4 nitrogen and oxygen atoms in total. The third kappa shape index (κ3) is 3.25. The molecule has 0 unspecified atom stereocenters. The van der Waals surface area contributed by atoms with Crippen LogP contribution in [0.15, 0.2) is 42.7 Å². The lowest BCUT2D eigenvalue weighted by Gasteiger charge is -2.11. The average Bonchev–Trinajstić information content (AvgIpc) is 2.37. The minimum atomic E-state index is -4.80. The van der Waals surface area contributed by atoms with E-state index in [1.54, 1.807) is 0 Å². The van der Waals surface area contributed by atoms with Gasteiger partial charge in [0.2, 0.25) is 0 Å². The molecule has 0 saturated carbocycles. The Kier molecular flexibility index (Phi) is 3.60. The second-order valence-corrected chi connectivity index (χ2v) is 3.80. The summed E-state index contributed by atoms with van der Waals surface area (Å²) in [4.78, 5) is 14.9. The number of hydrogen-bond donors (Lipinski definition) is 1. The molecular weight excluding hydrogens is 275 g/mol. The minimum absolute atomic E-state index is 0.0517. The van der Waals surface area contributed by atoms with Crippen LogP contribution in [0.4, 0.5) is 13.2 Å². The topological polar surface area (TPSA) is 59.4 Å². The maximum absolute atomic E-state index is 12.2. The van der Waals surface area contributed by atoms with Crippen molar-refractivity contribution in [2.45, 2.75) is 6.36 Å². The summed E-state index contributed by atoms with van der Waals surface area (Å²) in [5.41, 5.74) is 0.439. The number of aromatic carboxylic acids is 1. The molecule has 0 aliphatic carbocycles. The zero-order valence-corrected chi connectivity index (χ0v) is 9.89. The third-order valence-corrected chi connectivity index (χ3v) is 2.43. The van der Waals surface area contributed by atoms with Gasteiger partial charge in [0.05, 0.1) is 5.56 Å². The summed E-state index contributed by atoms with van der Waals surface area (Å²) in [6.07, 6.45) is -2.23. The van der Waals surface area contributed by atoms with Crippen molar-refractivity contribution >= 4 is 5.97 Å². The highest BCUT2D eigenvalue weighted by Crippen LogP contribution is 2.29. The number of aromatic nitrogens is 1. The predicted octanol–water partition coefficient (Wildman–Crippen LogP) is 3.35. The van der Waals surface area contributed by atoms with Gasteiger partial charge in [-0.3, -0.25) is 4.98 Å². The van der Waals surface area contributed by atoms with Crippen LogP contribution in [0.25, 0.3) is 11.1 Å². The molecule has 0 saturated heterocycles. The first-order valence-electron chi connectivity index (χ1n) is 5.40. The fraction of sp³-hybridized carbons (Fsp3) is 0.0769. The van der Waals surface area contributed by atoms with E-state index < -0.39 is 18.1 Å². The molecule has 104 valence electrons. The lowest BCUT2D eigenvalue weighted by atomic mass is 10.0. The Bertz CT molecular complexity index is 641. The molecule has 0 bridgehead atoms. The van der Waals surface area contributed by atoms with Gasteiger partial charge in [-0.15, -0.1) is 13.2 Å². The zero-order valence-electron chi connectivity index (χ0n) is 9.89. The fourth-order valence-corrected chi connectivity index (χ4v) is 1.67. The van der Waals surface area contributed by atoms with Crippen molar-refractivity contribution in [2.75, 3.05) is 0 Å². The van der Waals surface area contributed by atoms with Crippen LogP contribution in [-0.4, -0.2) is 22.4 Å². The molecular formula is C13H8F3NO3. The highest BCUT2D eigenvalue weighted by atomic mass is 19.4. The van der Waals surface area contributed by atoms with E-state index in [2.05, 4.69) is 9.72 Å². The van der Waals surface area contributed by atoms with Crippen molar-refractivity contribution < 1.29 is 27.8 Å². The van der Waals surface area contributed by atoms with E-state index >= 15 is 0 Å². The number of benzene rings is 1. The van der Waals surface area contributed by atoms with Gasteiger partial charge in [0, 0.05) is 18.0 Å². The largest absolute Gasteiger partial charge is 0.573 e. The van der Waals surface area contributed by atoms with Gasteiger partial charge < -0.3 is 9.84 Å². The lowest BCUT2D eigenvalue weighted by molar-refractivity contribution is -0.274. The molecule has 0 aliphatic heterocycles. The molecule has 0 radical (unpaired) electrons. The molecule has 1 N–H and O–H groups in total. The Hall–Kier alpha value is -2.57. The van der Waals surface area contributed by atoms with Crippen LogP contribution in [0.2, 0.25) is 0 Å². The molecule has 2 aromatic rings. The number of carbonyl (C=O) groups is 1. The van der Waals surface area contributed by atoms with E-state index in [4.69, 9.17) is 5.11 Å². The first-order chi connectivity index (χ1) is 9.37. The van der Waals surface area contributed by atoms with Gasteiger partial charge in [-0.25, -0.2) is 4.79 Å². The molecule has 0 fully saturated rings. The van der Waals surface area contributed by atoms with Crippen LogP contribution in [0.3, 0.4) is 0 Å². The van der Waals surface area contributed by atoms with Gasteiger partial charge in [0.15, 0.2) is 0 Å². The summed E-state index contributed by atoms with van der Waals surface area (Å²) in [7, 11) is 0. The van der Waals surface area contributed by atoms with Crippen molar-refractivity contribution in [3.8, 4) is 16.9 Å². The molecule has 1 aromatic heterocycles. The first kappa shape index (κ1) is 13.9. The highest BCUT2D eigenvalue weighted by molar-refractivity contribution is 5.95. The Morgan fingerprint density at radius 1 is 1.25 bits per heavy atom. The molecule has 1 aromatic carbocycles. The number of hydrogen-bond acceptors (Lipinski definition) is 3. The van der Waals surface area contributed by atoms with Gasteiger partial charge in [-0.1, -0.05) is 12.1 Å². The fourth-order valence-electron chi connectivity index (χ4n) is 1.67. The van der Waals surface area contributed by atoms with Crippen LogP contribution in [0.5, 0.6) is 5.75 Å². The van der Waals surface area contributed by atoms with Gasteiger partial charge >= 0.3 is 12.3 Å². The summed E-state index contributed by atoms with van der Waals surface area (Å²) < 4.78 is 40.3. The van der Waals surface area contributed by atoms with Gasteiger partial charge in [-0.2, -0.15) is 0 Å². The van der Waals surface area contributed by atoms with Crippen molar-refractivity contribution in [3.05, 3.63) is 48.3 Å². The molecule has 2 rings (SSSR count). The summed E-state index contributed by atoms with van der Waals surface area (Å²) in [5, 5.41) is 9.04. The summed E-state index contributed by atoms with van der Waals surface area (Å²) >= 11 is 0. The Balaban J connectivity index is 2.44. The SMILES string of the molecule is O=C(O)c1ccncc1-c1cccc(OC(F)(F)F)c1. The Labute approximate surface area is 111 Å². The van der Waals surface area contributed by atoms with Crippen molar-refractivity contribution in [3.63, 3.8) is 0 Å². The highest BCUT2D eigenvalue weighted by Gasteiger charge is 2.31. The second-order valence-electron chi connectivity index (χ2n) is 3.80. The van der Waals surface area contributed by atoms with E-state index in [0.717, 1.165) is 12.1 Å².